The number of aromatic amines is 2. The van der Waals surface area contributed by atoms with Crippen LogP contribution in [0.15, 0.2) is 57.6 Å². The Bertz CT molecular complexity index is 931. The van der Waals surface area contributed by atoms with Crippen LogP contribution in [0.2, 0.25) is 0 Å². The Morgan fingerprint density at radius 1 is 1.04 bits per heavy atom. The predicted octanol–water partition coefficient (Wildman–Crippen LogP) is 4.14. The summed E-state index contributed by atoms with van der Waals surface area (Å²) in [5.41, 5.74) is 0.184. The van der Waals surface area contributed by atoms with Crippen molar-refractivity contribution in [1.82, 2.24) is 14.8 Å². The zero-order valence-electron chi connectivity index (χ0n) is 12.4. The van der Waals surface area contributed by atoms with Crippen LogP contribution in [-0.2, 0) is 13.2 Å². The molecule has 0 aliphatic carbocycles. The first-order valence-electron chi connectivity index (χ1n) is 6.87. The monoisotopic (exact) mass is 335 g/mol. The fourth-order valence-corrected chi connectivity index (χ4v) is 2.18. The van der Waals surface area contributed by atoms with Crippen LogP contribution in [0, 0.1) is 0 Å². The van der Waals surface area contributed by atoms with E-state index in [-0.39, 0.29) is 11.4 Å². The zero-order chi connectivity index (χ0) is 17.3. The maximum atomic E-state index is 12.5. The van der Waals surface area contributed by atoms with Crippen LogP contribution < -0.4 is 5.56 Å². The number of rotatable bonds is 3. The van der Waals surface area contributed by atoms with Gasteiger partial charge in [-0.15, -0.1) is 5.11 Å². The summed E-state index contributed by atoms with van der Waals surface area (Å²) in [5, 5.41) is 12.9. The van der Waals surface area contributed by atoms with Gasteiger partial charge < -0.3 is 4.57 Å². The molecule has 0 amide bonds. The number of halogens is 3. The topological polar surface area (TPSA) is 78.3 Å². The molecular formula is C15H12F3N5O. The van der Waals surface area contributed by atoms with E-state index < -0.39 is 17.3 Å². The quantitative estimate of drug-likeness (QED) is 0.693. The van der Waals surface area contributed by atoms with Crippen LogP contribution in [-0.4, -0.2) is 14.8 Å². The second kappa shape index (κ2) is 5.84. The van der Waals surface area contributed by atoms with Gasteiger partial charge in [-0.25, -0.2) is 0 Å². The van der Waals surface area contributed by atoms with Crippen molar-refractivity contribution < 1.29 is 13.2 Å². The standard InChI is InChI=1S/C15H12F3N5O/c1-23-8-2-3-11(23)12-13(14(24)22-20-12)21-19-10-6-4-9(5-7-10)15(16,17)18/h2-8H,1H3,(H2,20,22,24). The first kappa shape index (κ1) is 15.8. The summed E-state index contributed by atoms with van der Waals surface area (Å²) in [6, 6.07) is 7.79. The SMILES string of the molecule is Cn1cccc1-c1[nH][nH]c(=O)c1N=Nc1ccc(C(F)(F)F)cc1. The van der Waals surface area contributed by atoms with E-state index in [2.05, 4.69) is 20.4 Å². The lowest BCUT2D eigenvalue weighted by molar-refractivity contribution is -0.137. The van der Waals surface area contributed by atoms with Gasteiger partial charge in [0.15, 0.2) is 5.69 Å². The van der Waals surface area contributed by atoms with Crippen LogP contribution in [0.4, 0.5) is 24.5 Å². The Labute approximate surface area is 133 Å². The lowest BCUT2D eigenvalue weighted by Gasteiger charge is -2.05. The Kier molecular flexibility index (Phi) is 3.84. The highest BCUT2D eigenvalue weighted by atomic mass is 19.4. The Hall–Kier alpha value is -3.10. The highest BCUT2D eigenvalue weighted by Crippen LogP contribution is 2.31. The minimum absolute atomic E-state index is 0.0525. The van der Waals surface area contributed by atoms with E-state index in [4.69, 9.17) is 0 Å². The predicted molar refractivity (Wildman–Crippen MR) is 81.4 cm³/mol. The molecule has 2 aromatic heterocycles. The molecule has 0 saturated carbocycles. The second-order valence-electron chi connectivity index (χ2n) is 5.05. The first-order valence-corrected chi connectivity index (χ1v) is 6.87. The molecule has 0 aliphatic rings. The van der Waals surface area contributed by atoms with Crippen LogP contribution in [0.25, 0.3) is 11.4 Å². The van der Waals surface area contributed by atoms with Gasteiger partial charge in [-0.2, -0.15) is 18.3 Å². The van der Waals surface area contributed by atoms with Gasteiger partial charge in [0.2, 0.25) is 0 Å². The molecule has 0 unspecified atom stereocenters. The summed E-state index contributed by atoms with van der Waals surface area (Å²) in [6.45, 7) is 0. The molecule has 9 heteroatoms. The highest BCUT2D eigenvalue weighted by Gasteiger charge is 2.29. The van der Waals surface area contributed by atoms with Gasteiger partial charge in [-0.1, -0.05) is 0 Å². The van der Waals surface area contributed by atoms with Gasteiger partial charge in [0, 0.05) is 13.2 Å². The van der Waals surface area contributed by atoms with Crippen LogP contribution >= 0.6 is 0 Å². The van der Waals surface area contributed by atoms with Gasteiger partial charge in [-0.3, -0.25) is 15.0 Å². The summed E-state index contributed by atoms with van der Waals surface area (Å²) in [5.74, 6) is 0. The molecule has 2 N–H and O–H groups in total. The molecule has 1 aromatic carbocycles. The number of aromatic nitrogens is 3. The van der Waals surface area contributed by atoms with Crippen LogP contribution in [0.3, 0.4) is 0 Å². The highest BCUT2D eigenvalue weighted by molar-refractivity contribution is 5.68. The summed E-state index contributed by atoms with van der Waals surface area (Å²) in [6.07, 6.45) is -2.61. The third kappa shape index (κ3) is 3.00. The molecule has 0 saturated heterocycles. The Morgan fingerprint density at radius 2 is 1.75 bits per heavy atom. The maximum Gasteiger partial charge on any atom is 0.416 e. The van der Waals surface area contributed by atoms with Gasteiger partial charge in [0.25, 0.3) is 5.56 Å². The van der Waals surface area contributed by atoms with E-state index in [0.717, 1.165) is 17.8 Å². The molecule has 24 heavy (non-hydrogen) atoms. The smallest absolute Gasteiger partial charge is 0.349 e. The normalized spacial score (nSPS) is 12.2. The second-order valence-corrected chi connectivity index (χ2v) is 5.05. The van der Waals surface area contributed by atoms with Crippen molar-refractivity contribution in [2.45, 2.75) is 6.18 Å². The molecule has 3 rings (SSSR count). The largest absolute Gasteiger partial charge is 0.416 e. The average molecular weight is 335 g/mol. The van der Waals surface area contributed by atoms with Crippen molar-refractivity contribution in [2.75, 3.05) is 0 Å². The number of aryl methyl sites for hydroxylation is 1. The Balaban J connectivity index is 1.92. The van der Waals surface area contributed by atoms with Crippen molar-refractivity contribution in [3.63, 3.8) is 0 Å². The zero-order valence-corrected chi connectivity index (χ0v) is 12.4. The molecule has 0 fully saturated rings. The number of hydrogen-bond donors (Lipinski definition) is 2. The molecule has 124 valence electrons. The molecule has 2 heterocycles. The number of benzene rings is 1. The molecule has 6 nitrogen and oxygen atoms in total. The third-order valence-electron chi connectivity index (χ3n) is 3.41. The number of nitrogens with zero attached hydrogens (tertiary/aromatic N) is 3. The molecule has 0 spiro atoms. The van der Waals surface area contributed by atoms with Crippen molar-refractivity contribution in [1.29, 1.82) is 0 Å². The van der Waals surface area contributed by atoms with Crippen molar-refractivity contribution in [2.24, 2.45) is 17.3 Å². The number of hydrogen-bond acceptors (Lipinski definition) is 3. The molecule has 3 aromatic rings. The maximum absolute atomic E-state index is 12.5. The van der Waals surface area contributed by atoms with E-state index in [1.165, 1.54) is 12.1 Å². The third-order valence-corrected chi connectivity index (χ3v) is 3.41. The minimum Gasteiger partial charge on any atom is -0.349 e. The average Bonchev–Trinajstić information content (AvgIpc) is 3.10. The molecule has 0 bridgehead atoms. The van der Waals surface area contributed by atoms with E-state index in [9.17, 15) is 18.0 Å². The lowest BCUT2D eigenvalue weighted by Crippen LogP contribution is -2.03. The fraction of sp³-hybridized carbons (Fsp3) is 0.133. The van der Waals surface area contributed by atoms with E-state index in [1.54, 1.807) is 29.9 Å². The van der Waals surface area contributed by atoms with Crippen molar-refractivity contribution in [3.8, 4) is 11.4 Å². The summed E-state index contributed by atoms with van der Waals surface area (Å²) >= 11 is 0. The van der Waals surface area contributed by atoms with Crippen molar-refractivity contribution in [3.05, 3.63) is 58.5 Å². The fourth-order valence-electron chi connectivity index (χ4n) is 2.18. The van der Waals surface area contributed by atoms with Gasteiger partial charge in [0.1, 0.15) is 5.69 Å². The van der Waals surface area contributed by atoms with E-state index >= 15 is 0 Å². The van der Waals surface area contributed by atoms with Crippen LogP contribution in [0.1, 0.15) is 5.56 Å². The summed E-state index contributed by atoms with van der Waals surface area (Å²) in [7, 11) is 1.80. The van der Waals surface area contributed by atoms with Crippen molar-refractivity contribution >= 4 is 11.4 Å². The first-order chi connectivity index (χ1) is 11.4. The summed E-state index contributed by atoms with van der Waals surface area (Å²) in [4.78, 5) is 11.9. The minimum atomic E-state index is -4.41. The van der Waals surface area contributed by atoms with Gasteiger partial charge in [-0.05, 0) is 36.4 Å². The van der Waals surface area contributed by atoms with Gasteiger partial charge in [0.05, 0.1) is 16.9 Å². The lowest BCUT2D eigenvalue weighted by atomic mass is 10.2. The Morgan fingerprint density at radius 3 is 2.33 bits per heavy atom. The number of azo groups is 1. The molecule has 0 radical (unpaired) electrons. The molecule has 0 atom stereocenters. The van der Waals surface area contributed by atoms with E-state index in [1.807, 2.05) is 0 Å². The van der Waals surface area contributed by atoms with Gasteiger partial charge >= 0.3 is 6.18 Å². The number of alkyl halides is 3. The number of H-pyrrole nitrogens is 2. The number of nitrogens with one attached hydrogen (secondary N) is 2. The van der Waals surface area contributed by atoms with Crippen LogP contribution in [0.5, 0.6) is 0 Å². The summed E-state index contributed by atoms with van der Waals surface area (Å²) < 4.78 is 39.4. The molecule has 0 aliphatic heterocycles. The molecular weight excluding hydrogens is 323 g/mol. The van der Waals surface area contributed by atoms with E-state index in [0.29, 0.717) is 5.69 Å².